The van der Waals surface area contributed by atoms with Crippen LogP contribution in [-0.4, -0.2) is 15.5 Å². The molecule has 0 aliphatic rings. The first-order valence-electron chi connectivity index (χ1n) is 5.17. The van der Waals surface area contributed by atoms with E-state index in [-0.39, 0.29) is 10.0 Å². The van der Waals surface area contributed by atoms with Crippen molar-refractivity contribution in [3.63, 3.8) is 0 Å². The average molecular weight is 308 g/mol. The quantitative estimate of drug-likeness (QED) is 0.783. The molecule has 1 aromatic heterocycles. The van der Waals surface area contributed by atoms with Gasteiger partial charge in [0.25, 0.3) is 5.56 Å². The van der Waals surface area contributed by atoms with E-state index in [1.807, 2.05) is 30.3 Å². The highest BCUT2D eigenvalue weighted by Crippen LogP contribution is 1.99. The SMILES string of the molecule is Cn1c(=O)c(Br)cn(/N=C/c2ccccc2)c1=O. The van der Waals surface area contributed by atoms with Crippen LogP contribution >= 0.6 is 15.9 Å². The molecule has 18 heavy (non-hydrogen) atoms. The molecule has 0 bridgehead atoms. The minimum atomic E-state index is -0.490. The molecule has 0 radical (unpaired) electrons. The molecule has 0 spiro atoms. The second-order valence-corrected chi connectivity index (χ2v) is 4.48. The zero-order chi connectivity index (χ0) is 13.1. The molecule has 0 amide bonds. The zero-order valence-corrected chi connectivity index (χ0v) is 11.2. The predicted octanol–water partition coefficient (Wildman–Crippen LogP) is 1.19. The van der Waals surface area contributed by atoms with Crippen LogP contribution in [0.3, 0.4) is 0 Å². The Balaban J connectivity index is 2.45. The molecule has 0 atom stereocenters. The second-order valence-electron chi connectivity index (χ2n) is 3.62. The molecule has 1 aromatic carbocycles. The van der Waals surface area contributed by atoms with Gasteiger partial charge in [-0.25, -0.2) is 4.79 Å². The third kappa shape index (κ3) is 2.48. The molecule has 92 valence electrons. The standard InChI is InChI=1S/C12H10BrN3O2/c1-15-11(17)10(13)8-16(12(15)18)14-7-9-5-3-2-4-6-9/h2-8H,1H3/b14-7+. The Hall–Kier alpha value is -1.95. The largest absolute Gasteiger partial charge is 0.351 e. The van der Waals surface area contributed by atoms with Crippen molar-refractivity contribution in [1.82, 2.24) is 9.24 Å². The van der Waals surface area contributed by atoms with Gasteiger partial charge in [-0.2, -0.15) is 9.78 Å². The Morgan fingerprint density at radius 1 is 1.22 bits per heavy atom. The van der Waals surface area contributed by atoms with Crippen LogP contribution in [0.15, 0.2) is 55.7 Å². The number of nitrogens with zero attached hydrogens (tertiary/aromatic N) is 3. The minimum absolute atomic E-state index is 0.287. The van der Waals surface area contributed by atoms with E-state index in [2.05, 4.69) is 21.0 Å². The summed E-state index contributed by atoms with van der Waals surface area (Å²) in [4.78, 5) is 23.2. The highest BCUT2D eigenvalue weighted by Gasteiger charge is 2.04. The summed E-state index contributed by atoms with van der Waals surface area (Å²) in [5.74, 6) is 0. The van der Waals surface area contributed by atoms with Crippen LogP contribution in [0, 0.1) is 0 Å². The van der Waals surface area contributed by atoms with E-state index in [0.717, 1.165) is 14.8 Å². The summed E-state index contributed by atoms with van der Waals surface area (Å²) in [6.45, 7) is 0. The Bertz CT molecular complexity index is 701. The molecule has 1 heterocycles. The van der Waals surface area contributed by atoms with E-state index in [1.54, 1.807) is 6.21 Å². The maximum atomic E-state index is 11.8. The van der Waals surface area contributed by atoms with Gasteiger partial charge in [-0.15, -0.1) is 0 Å². The van der Waals surface area contributed by atoms with Gasteiger partial charge in [0.2, 0.25) is 0 Å². The van der Waals surface area contributed by atoms with Crippen molar-refractivity contribution in [3.8, 4) is 0 Å². The smallest absolute Gasteiger partial charge is 0.268 e. The third-order valence-corrected chi connectivity index (χ3v) is 2.90. The van der Waals surface area contributed by atoms with Crippen LogP contribution in [0.2, 0.25) is 0 Å². The molecule has 0 N–H and O–H groups in total. The lowest BCUT2D eigenvalue weighted by molar-refractivity contribution is 0.669. The first-order chi connectivity index (χ1) is 8.59. The third-order valence-electron chi connectivity index (χ3n) is 2.36. The monoisotopic (exact) mass is 307 g/mol. The van der Waals surface area contributed by atoms with E-state index in [1.165, 1.54) is 13.2 Å². The summed E-state index contributed by atoms with van der Waals surface area (Å²) >= 11 is 3.09. The van der Waals surface area contributed by atoms with Gasteiger partial charge in [0.15, 0.2) is 0 Å². The van der Waals surface area contributed by atoms with E-state index < -0.39 is 5.69 Å². The Labute approximate surface area is 111 Å². The highest BCUT2D eigenvalue weighted by atomic mass is 79.9. The normalized spacial score (nSPS) is 11.0. The Morgan fingerprint density at radius 3 is 2.56 bits per heavy atom. The molecule has 5 nitrogen and oxygen atoms in total. The van der Waals surface area contributed by atoms with Crippen molar-refractivity contribution in [3.05, 3.63) is 67.4 Å². The van der Waals surface area contributed by atoms with Crippen molar-refractivity contribution < 1.29 is 0 Å². The van der Waals surface area contributed by atoms with Gasteiger partial charge in [0.05, 0.1) is 12.4 Å². The van der Waals surface area contributed by atoms with Gasteiger partial charge < -0.3 is 0 Å². The number of aromatic nitrogens is 2. The maximum absolute atomic E-state index is 11.8. The first-order valence-corrected chi connectivity index (χ1v) is 5.96. The summed E-state index contributed by atoms with van der Waals surface area (Å²) in [5.41, 5.74) is -0.00378. The lowest BCUT2D eigenvalue weighted by Gasteiger charge is -2.02. The molecule has 0 aliphatic heterocycles. The van der Waals surface area contributed by atoms with Gasteiger partial charge in [0.1, 0.15) is 4.47 Å². The van der Waals surface area contributed by atoms with Crippen LogP contribution in [0.1, 0.15) is 5.56 Å². The molecule has 0 unspecified atom stereocenters. The minimum Gasteiger partial charge on any atom is -0.268 e. The molecule has 0 fully saturated rings. The summed E-state index contributed by atoms with van der Waals surface area (Å²) in [5, 5.41) is 4.03. The molecular weight excluding hydrogens is 298 g/mol. The Kier molecular flexibility index (Phi) is 3.57. The van der Waals surface area contributed by atoms with Crippen LogP contribution in [0.25, 0.3) is 0 Å². The topological polar surface area (TPSA) is 56.4 Å². The molecule has 0 saturated heterocycles. The van der Waals surface area contributed by atoms with Gasteiger partial charge in [-0.1, -0.05) is 30.3 Å². The molecule has 6 heteroatoms. The van der Waals surface area contributed by atoms with Gasteiger partial charge in [0, 0.05) is 7.05 Å². The summed E-state index contributed by atoms with van der Waals surface area (Å²) < 4.78 is 2.39. The predicted molar refractivity (Wildman–Crippen MR) is 73.1 cm³/mol. The Morgan fingerprint density at radius 2 is 1.89 bits per heavy atom. The van der Waals surface area contributed by atoms with Gasteiger partial charge in [-0.3, -0.25) is 9.36 Å². The molecule has 0 saturated carbocycles. The first kappa shape index (κ1) is 12.5. The maximum Gasteiger partial charge on any atom is 0.351 e. The zero-order valence-electron chi connectivity index (χ0n) is 9.58. The van der Waals surface area contributed by atoms with Crippen molar-refractivity contribution in [2.45, 2.75) is 0 Å². The fraction of sp³-hybridized carbons (Fsp3) is 0.0833. The number of hydrogen-bond acceptors (Lipinski definition) is 3. The van der Waals surface area contributed by atoms with E-state index in [9.17, 15) is 9.59 Å². The molecule has 0 aliphatic carbocycles. The lowest BCUT2D eigenvalue weighted by atomic mass is 10.2. The number of halogens is 1. The van der Waals surface area contributed by atoms with Crippen molar-refractivity contribution in [2.75, 3.05) is 0 Å². The van der Waals surface area contributed by atoms with Crippen molar-refractivity contribution >= 4 is 22.1 Å². The van der Waals surface area contributed by atoms with E-state index in [0.29, 0.717) is 0 Å². The van der Waals surface area contributed by atoms with Crippen molar-refractivity contribution in [2.24, 2.45) is 12.1 Å². The second kappa shape index (κ2) is 5.14. The highest BCUT2D eigenvalue weighted by molar-refractivity contribution is 9.10. The van der Waals surface area contributed by atoms with Gasteiger partial charge in [-0.05, 0) is 21.5 Å². The fourth-order valence-corrected chi connectivity index (χ4v) is 1.83. The van der Waals surface area contributed by atoms with E-state index in [4.69, 9.17) is 0 Å². The van der Waals surface area contributed by atoms with Crippen LogP contribution in [-0.2, 0) is 7.05 Å². The summed E-state index contributed by atoms with van der Waals surface area (Å²) in [6, 6.07) is 9.38. The molecule has 2 aromatic rings. The van der Waals surface area contributed by atoms with Crippen LogP contribution in [0.4, 0.5) is 0 Å². The number of benzene rings is 1. The summed E-state index contributed by atoms with van der Waals surface area (Å²) in [7, 11) is 1.41. The number of rotatable bonds is 2. The molecule has 2 rings (SSSR count). The fourth-order valence-electron chi connectivity index (χ4n) is 1.37. The van der Waals surface area contributed by atoms with E-state index >= 15 is 0 Å². The van der Waals surface area contributed by atoms with Crippen molar-refractivity contribution in [1.29, 1.82) is 0 Å². The van der Waals surface area contributed by atoms with Crippen LogP contribution in [0.5, 0.6) is 0 Å². The lowest BCUT2D eigenvalue weighted by Crippen LogP contribution is -2.36. The van der Waals surface area contributed by atoms with Crippen LogP contribution < -0.4 is 11.2 Å². The molecular formula is C12H10BrN3O2. The summed E-state index contributed by atoms with van der Waals surface area (Å²) in [6.07, 6.45) is 2.91. The van der Waals surface area contributed by atoms with Gasteiger partial charge >= 0.3 is 5.69 Å². The number of hydrogen-bond donors (Lipinski definition) is 0. The average Bonchev–Trinajstić information content (AvgIpc) is 2.40.